The lowest BCUT2D eigenvalue weighted by Gasteiger charge is -2.15. The second-order valence-electron chi connectivity index (χ2n) is 6.41. The van der Waals surface area contributed by atoms with Gasteiger partial charge in [0.2, 0.25) is 0 Å². The van der Waals surface area contributed by atoms with Gasteiger partial charge in [0.05, 0.1) is 12.3 Å². The molecule has 0 saturated carbocycles. The molecule has 136 valence electrons. The van der Waals surface area contributed by atoms with Crippen LogP contribution in [0.15, 0.2) is 30.3 Å². The Labute approximate surface area is 150 Å². The Hall–Kier alpha value is -0.920. The average Bonchev–Trinajstić information content (AvgIpc) is 2.63. The monoisotopic (exact) mass is 351 g/mol. The molecule has 1 aromatic rings. The van der Waals surface area contributed by atoms with Gasteiger partial charge in [0, 0.05) is 0 Å². The van der Waals surface area contributed by atoms with Gasteiger partial charge in [-0.15, -0.1) is 0 Å². The number of hydrogen-bond acceptors (Lipinski definition) is 2. The summed E-state index contributed by atoms with van der Waals surface area (Å²) in [6.07, 6.45) is 16.0. The first kappa shape index (κ1) is 21.1. The largest absolute Gasteiger partial charge is 0.308 e. The minimum absolute atomic E-state index is 0.116. The topological polar surface area (TPSA) is 29.5 Å². The van der Waals surface area contributed by atoms with Gasteiger partial charge in [0.1, 0.15) is 0 Å². The van der Waals surface area contributed by atoms with Crippen LogP contribution < -0.4 is 4.83 Å². The summed E-state index contributed by atoms with van der Waals surface area (Å²) in [5.41, 5.74) is 0.827. The Bertz CT molecular complexity index is 400. The number of hydrogen-bond donors (Lipinski definition) is 0. The van der Waals surface area contributed by atoms with Crippen molar-refractivity contribution in [3.63, 3.8) is 0 Å². The Balaban J connectivity index is 1.89. The molecule has 0 aliphatic rings. The van der Waals surface area contributed by atoms with Gasteiger partial charge in [0.25, 0.3) is 0 Å². The molecule has 0 heterocycles. The van der Waals surface area contributed by atoms with E-state index in [2.05, 4.69) is 6.92 Å². The molecule has 1 aromatic carbocycles. The van der Waals surface area contributed by atoms with Gasteiger partial charge in [-0.2, -0.15) is 4.83 Å². The molecule has 4 heteroatoms. The predicted octanol–water partition coefficient (Wildman–Crippen LogP) is 7.33. The Morgan fingerprint density at radius 1 is 0.792 bits per heavy atom. The van der Waals surface area contributed by atoms with Crippen molar-refractivity contribution in [2.45, 2.75) is 84.0 Å². The minimum Gasteiger partial charge on any atom is -0.263 e. The molecule has 0 atom stereocenters. The van der Waals surface area contributed by atoms with E-state index in [1.54, 1.807) is 0 Å². The summed E-state index contributed by atoms with van der Waals surface area (Å²) in [6, 6.07) is 9.57. The van der Waals surface area contributed by atoms with Crippen LogP contribution in [0.1, 0.15) is 84.0 Å². The third kappa shape index (κ3) is 10.8. The Kier molecular flexibility index (Phi) is 13.7. The maximum absolute atomic E-state index is 11.2. The van der Waals surface area contributed by atoms with Crippen molar-refractivity contribution in [1.82, 2.24) is 0 Å². The van der Waals surface area contributed by atoms with E-state index in [0.29, 0.717) is 6.61 Å². The molecule has 0 aliphatic heterocycles. The van der Waals surface area contributed by atoms with Crippen LogP contribution >= 0.6 is 8.61 Å². The van der Waals surface area contributed by atoms with Gasteiger partial charge in [-0.25, -0.2) is 4.57 Å². The number of rotatable bonds is 16. The van der Waals surface area contributed by atoms with Crippen LogP contribution in [-0.2, 0) is 9.40 Å². The van der Waals surface area contributed by atoms with Crippen molar-refractivity contribution in [2.75, 3.05) is 11.4 Å². The first-order chi connectivity index (χ1) is 11.9. The van der Waals surface area contributed by atoms with Gasteiger partial charge < -0.3 is 0 Å². The van der Waals surface area contributed by atoms with E-state index in [9.17, 15) is 4.57 Å². The molecule has 0 N–H and O–H groups in total. The van der Waals surface area contributed by atoms with Crippen LogP contribution in [0, 0.1) is 0 Å². The summed E-state index contributed by atoms with van der Waals surface area (Å²) < 4.78 is 11.2. The maximum Gasteiger partial charge on any atom is 0.308 e. The fraction of sp³-hybridized carbons (Fsp3) is 0.700. The Morgan fingerprint density at radius 2 is 1.29 bits per heavy atom. The zero-order chi connectivity index (χ0) is 17.3. The fourth-order valence-corrected chi connectivity index (χ4v) is 3.15. The van der Waals surface area contributed by atoms with E-state index >= 15 is 0 Å². The van der Waals surface area contributed by atoms with E-state index in [0.717, 1.165) is 12.1 Å². The first-order valence-corrected chi connectivity index (χ1v) is 10.5. The van der Waals surface area contributed by atoms with Crippen molar-refractivity contribution < 1.29 is 9.40 Å². The molecular formula is C20H34NO2P. The lowest BCUT2D eigenvalue weighted by atomic mass is 10.1. The third-order valence-corrected chi connectivity index (χ3v) is 4.76. The molecule has 0 unspecified atom stereocenters. The molecule has 1 rings (SSSR count). The van der Waals surface area contributed by atoms with Crippen molar-refractivity contribution in [2.24, 2.45) is 0 Å². The van der Waals surface area contributed by atoms with Crippen LogP contribution in [0.5, 0.6) is 0 Å². The van der Waals surface area contributed by atoms with Gasteiger partial charge in [-0.1, -0.05) is 95.8 Å². The average molecular weight is 351 g/mol. The SMILES string of the molecule is CCCCCCCCCCCCCCON(P=O)c1ccccc1. The normalized spacial score (nSPS) is 11.0. The summed E-state index contributed by atoms with van der Waals surface area (Å²) in [7, 11) is -0.116. The van der Waals surface area contributed by atoms with Gasteiger partial charge in [-0.05, 0) is 18.6 Å². The highest BCUT2D eigenvalue weighted by molar-refractivity contribution is 7.25. The molecule has 0 spiro atoms. The minimum atomic E-state index is -0.116. The quantitative estimate of drug-likeness (QED) is 0.177. The molecule has 0 saturated heterocycles. The highest BCUT2D eigenvalue weighted by Crippen LogP contribution is 2.21. The van der Waals surface area contributed by atoms with Gasteiger partial charge in [0.15, 0.2) is 0 Å². The highest BCUT2D eigenvalue weighted by atomic mass is 31.1. The predicted molar refractivity (Wildman–Crippen MR) is 104 cm³/mol. The van der Waals surface area contributed by atoms with Crippen molar-refractivity contribution >= 4 is 14.3 Å². The second kappa shape index (κ2) is 15.6. The summed E-state index contributed by atoms with van der Waals surface area (Å²) in [4.78, 5) is 6.99. The lowest BCUT2D eigenvalue weighted by Crippen LogP contribution is -2.12. The fourth-order valence-electron chi connectivity index (χ4n) is 2.79. The van der Waals surface area contributed by atoms with Crippen molar-refractivity contribution in [3.8, 4) is 0 Å². The molecular weight excluding hydrogens is 317 g/mol. The summed E-state index contributed by atoms with van der Waals surface area (Å²) in [5.74, 6) is 0. The second-order valence-corrected chi connectivity index (χ2v) is 6.94. The van der Waals surface area contributed by atoms with Crippen molar-refractivity contribution in [1.29, 1.82) is 0 Å². The third-order valence-electron chi connectivity index (χ3n) is 4.26. The number of anilines is 1. The summed E-state index contributed by atoms with van der Waals surface area (Å²) in [5, 5.41) is 0. The number of nitrogens with zero attached hydrogens (tertiary/aromatic N) is 1. The van der Waals surface area contributed by atoms with E-state index in [1.165, 1.54) is 75.5 Å². The maximum atomic E-state index is 11.2. The van der Waals surface area contributed by atoms with Crippen LogP contribution in [0.2, 0.25) is 0 Å². The van der Waals surface area contributed by atoms with Crippen LogP contribution in [0.25, 0.3) is 0 Å². The molecule has 3 nitrogen and oxygen atoms in total. The molecule has 0 bridgehead atoms. The molecule has 0 aliphatic carbocycles. The van der Waals surface area contributed by atoms with Gasteiger partial charge >= 0.3 is 8.61 Å². The highest BCUT2D eigenvalue weighted by Gasteiger charge is 2.05. The van der Waals surface area contributed by atoms with E-state index in [4.69, 9.17) is 4.84 Å². The number of unbranched alkanes of at least 4 members (excludes halogenated alkanes) is 11. The van der Waals surface area contributed by atoms with E-state index < -0.39 is 0 Å². The summed E-state index contributed by atoms with van der Waals surface area (Å²) >= 11 is 0. The number of para-hydroxylation sites is 1. The number of benzene rings is 1. The Morgan fingerprint density at radius 3 is 1.79 bits per heavy atom. The lowest BCUT2D eigenvalue weighted by molar-refractivity contribution is 0.147. The summed E-state index contributed by atoms with van der Waals surface area (Å²) in [6.45, 7) is 2.89. The molecule has 24 heavy (non-hydrogen) atoms. The molecule has 0 amide bonds. The zero-order valence-electron chi connectivity index (χ0n) is 15.3. The molecule has 0 aromatic heterocycles. The van der Waals surface area contributed by atoms with Crippen molar-refractivity contribution in [3.05, 3.63) is 30.3 Å². The smallest absolute Gasteiger partial charge is 0.263 e. The molecule has 0 radical (unpaired) electrons. The molecule has 0 fully saturated rings. The van der Waals surface area contributed by atoms with E-state index in [-0.39, 0.29) is 8.61 Å². The van der Waals surface area contributed by atoms with Crippen LogP contribution in [0.3, 0.4) is 0 Å². The standard InChI is InChI=1S/C20H34NO2P/c1-2-3-4-5-6-7-8-9-10-11-12-16-19-23-21(24-22)20-17-14-13-15-18-20/h13-15,17-18H,2-12,16,19H2,1H3. The van der Waals surface area contributed by atoms with Gasteiger partial charge in [-0.3, -0.25) is 4.84 Å². The van der Waals surface area contributed by atoms with Crippen LogP contribution in [-0.4, -0.2) is 6.61 Å². The zero-order valence-corrected chi connectivity index (χ0v) is 16.2. The first-order valence-electron chi connectivity index (χ1n) is 9.70. The van der Waals surface area contributed by atoms with Crippen LogP contribution in [0.4, 0.5) is 5.69 Å². The van der Waals surface area contributed by atoms with E-state index in [1.807, 2.05) is 30.3 Å².